The molecule has 0 N–H and O–H groups in total. The molecule has 1 aromatic carbocycles. The van der Waals surface area contributed by atoms with E-state index in [1.54, 1.807) is 0 Å². The standard InChI is InChI=1S/C17H24ClN3/c1-17(2,14-19)8-5-9-20-10-12-21(13-11-20)16-7-4-3-6-15(16)18/h3-4,6-7H,5,8-13H2,1-2H3. The topological polar surface area (TPSA) is 30.3 Å². The van der Waals surface area contributed by atoms with E-state index in [2.05, 4.69) is 21.9 Å². The molecule has 4 heteroatoms. The zero-order chi connectivity index (χ0) is 15.3. The molecule has 0 aromatic heterocycles. The number of para-hydroxylation sites is 1. The number of piperazine rings is 1. The van der Waals surface area contributed by atoms with Gasteiger partial charge >= 0.3 is 0 Å². The van der Waals surface area contributed by atoms with Crippen LogP contribution in [-0.2, 0) is 0 Å². The summed E-state index contributed by atoms with van der Waals surface area (Å²) in [5.74, 6) is 0. The van der Waals surface area contributed by atoms with Crippen LogP contribution in [0.5, 0.6) is 0 Å². The lowest BCUT2D eigenvalue weighted by Gasteiger charge is -2.36. The van der Waals surface area contributed by atoms with Crippen molar-refractivity contribution >= 4 is 17.3 Å². The second-order valence-corrected chi connectivity index (χ2v) is 6.79. The Morgan fingerprint density at radius 2 is 1.86 bits per heavy atom. The van der Waals surface area contributed by atoms with Gasteiger partial charge in [0.25, 0.3) is 0 Å². The average Bonchev–Trinajstić information content (AvgIpc) is 2.48. The smallest absolute Gasteiger partial charge is 0.0683 e. The van der Waals surface area contributed by atoms with Crippen LogP contribution in [0.4, 0.5) is 5.69 Å². The minimum atomic E-state index is -0.195. The lowest BCUT2D eigenvalue weighted by molar-refractivity contribution is 0.242. The molecule has 0 spiro atoms. The van der Waals surface area contributed by atoms with Crippen LogP contribution in [0.25, 0.3) is 0 Å². The molecule has 1 aromatic rings. The Balaban J connectivity index is 1.77. The maximum absolute atomic E-state index is 9.04. The number of anilines is 1. The zero-order valence-electron chi connectivity index (χ0n) is 13.0. The Kier molecular flexibility index (Phi) is 5.50. The molecule has 1 aliphatic rings. The highest BCUT2D eigenvalue weighted by Gasteiger charge is 2.20. The first kappa shape index (κ1) is 16.1. The zero-order valence-corrected chi connectivity index (χ0v) is 13.7. The molecule has 1 aliphatic heterocycles. The van der Waals surface area contributed by atoms with E-state index in [0.29, 0.717) is 0 Å². The molecule has 1 fully saturated rings. The Morgan fingerprint density at radius 3 is 2.48 bits per heavy atom. The lowest BCUT2D eigenvalue weighted by atomic mass is 9.90. The van der Waals surface area contributed by atoms with E-state index in [0.717, 1.165) is 56.3 Å². The molecule has 21 heavy (non-hydrogen) atoms. The first-order chi connectivity index (χ1) is 10.0. The summed E-state index contributed by atoms with van der Waals surface area (Å²) in [5, 5.41) is 9.87. The second-order valence-electron chi connectivity index (χ2n) is 6.38. The molecular formula is C17H24ClN3. The highest BCUT2D eigenvalue weighted by molar-refractivity contribution is 6.33. The highest BCUT2D eigenvalue weighted by atomic mass is 35.5. The quantitative estimate of drug-likeness (QED) is 0.829. The van der Waals surface area contributed by atoms with Gasteiger partial charge in [-0.05, 0) is 45.4 Å². The number of nitriles is 1. The second kappa shape index (κ2) is 7.15. The molecule has 1 saturated heterocycles. The van der Waals surface area contributed by atoms with E-state index in [1.165, 1.54) is 0 Å². The first-order valence-corrected chi connectivity index (χ1v) is 8.03. The van der Waals surface area contributed by atoms with E-state index < -0.39 is 0 Å². The van der Waals surface area contributed by atoms with Crippen LogP contribution in [0.1, 0.15) is 26.7 Å². The summed E-state index contributed by atoms with van der Waals surface area (Å²) in [7, 11) is 0. The molecule has 0 bridgehead atoms. The summed E-state index contributed by atoms with van der Waals surface area (Å²) in [6.45, 7) is 9.29. The predicted molar refractivity (Wildman–Crippen MR) is 88.7 cm³/mol. The van der Waals surface area contributed by atoms with E-state index in [4.69, 9.17) is 16.9 Å². The lowest BCUT2D eigenvalue weighted by Crippen LogP contribution is -2.46. The highest BCUT2D eigenvalue weighted by Crippen LogP contribution is 2.26. The summed E-state index contributed by atoms with van der Waals surface area (Å²) in [6, 6.07) is 10.4. The molecule has 3 nitrogen and oxygen atoms in total. The Bertz CT molecular complexity index is 499. The number of rotatable bonds is 5. The summed E-state index contributed by atoms with van der Waals surface area (Å²) < 4.78 is 0. The number of hydrogen-bond donors (Lipinski definition) is 0. The van der Waals surface area contributed by atoms with Crippen molar-refractivity contribution in [1.29, 1.82) is 5.26 Å². The predicted octanol–water partition coefficient (Wildman–Crippen LogP) is 3.79. The van der Waals surface area contributed by atoms with Crippen molar-refractivity contribution in [3.05, 3.63) is 29.3 Å². The van der Waals surface area contributed by atoms with Gasteiger partial charge in [-0.25, -0.2) is 0 Å². The van der Waals surface area contributed by atoms with Crippen molar-refractivity contribution in [3.63, 3.8) is 0 Å². The largest absolute Gasteiger partial charge is 0.368 e. The molecule has 0 amide bonds. The van der Waals surface area contributed by atoms with Crippen LogP contribution in [0, 0.1) is 16.7 Å². The molecule has 2 rings (SSSR count). The molecule has 0 atom stereocenters. The molecule has 0 aliphatic carbocycles. The van der Waals surface area contributed by atoms with Gasteiger partial charge in [0.1, 0.15) is 0 Å². The summed E-state index contributed by atoms with van der Waals surface area (Å²) in [5.41, 5.74) is 0.948. The third kappa shape index (κ3) is 4.62. The van der Waals surface area contributed by atoms with Gasteiger partial charge in [0.15, 0.2) is 0 Å². The van der Waals surface area contributed by atoms with E-state index >= 15 is 0 Å². The SMILES string of the molecule is CC(C)(C#N)CCCN1CCN(c2ccccc2Cl)CC1. The normalized spacial score (nSPS) is 16.8. The fourth-order valence-electron chi connectivity index (χ4n) is 2.72. The van der Waals surface area contributed by atoms with Gasteiger partial charge in [-0.15, -0.1) is 0 Å². The average molecular weight is 306 g/mol. The minimum Gasteiger partial charge on any atom is -0.368 e. The third-order valence-electron chi connectivity index (χ3n) is 4.14. The van der Waals surface area contributed by atoms with E-state index in [9.17, 15) is 0 Å². The van der Waals surface area contributed by atoms with Crippen LogP contribution in [0.2, 0.25) is 5.02 Å². The Hall–Kier alpha value is -1.24. The van der Waals surface area contributed by atoms with Gasteiger partial charge in [-0.3, -0.25) is 4.90 Å². The maximum atomic E-state index is 9.04. The fraction of sp³-hybridized carbons (Fsp3) is 0.588. The van der Waals surface area contributed by atoms with Crippen LogP contribution in [0.15, 0.2) is 24.3 Å². The molecule has 1 heterocycles. The van der Waals surface area contributed by atoms with Crippen molar-refractivity contribution in [2.24, 2.45) is 5.41 Å². The molecule has 114 valence electrons. The van der Waals surface area contributed by atoms with Crippen LogP contribution in [-0.4, -0.2) is 37.6 Å². The molecule has 0 radical (unpaired) electrons. The third-order valence-corrected chi connectivity index (χ3v) is 4.46. The number of benzene rings is 1. The van der Waals surface area contributed by atoms with Crippen molar-refractivity contribution in [1.82, 2.24) is 4.90 Å². The van der Waals surface area contributed by atoms with Crippen molar-refractivity contribution in [2.45, 2.75) is 26.7 Å². The molecule has 0 saturated carbocycles. The van der Waals surface area contributed by atoms with Gasteiger partial charge in [0.05, 0.1) is 22.2 Å². The van der Waals surface area contributed by atoms with E-state index in [1.807, 2.05) is 32.0 Å². The number of hydrogen-bond acceptors (Lipinski definition) is 3. The van der Waals surface area contributed by atoms with Gasteiger partial charge in [-0.1, -0.05) is 23.7 Å². The minimum absolute atomic E-state index is 0.195. The van der Waals surface area contributed by atoms with Crippen LogP contribution >= 0.6 is 11.6 Å². The van der Waals surface area contributed by atoms with Crippen molar-refractivity contribution in [3.8, 4) is 6.07 Å². The maximum Gasteiger partial charge on any atom is 0.0683 e. The van der Waals surface area contributed by atoms with Gasteiger partial charge in [0, 0.05) is 26.2 Å². The number of halogens is 1. The molecular weight excluding hydrogens is 282 g/mol. The van der Waals surface area contributed by atoms with Crippen LogP contribution < -0.4 is 4.90 Å². The summed E-state index contributed by atoms with van der Waals surface area (Å²) >= 11 is 6.26. The monoisotopic (exact) mass is 305 g/mol. The van der Waals surface area contributed by atoms with Crippen molar-refractivity contribution < 1.29 is 0 Å². The van der Waals surface area contributed by atoms with Gasteiger partial charge in [0.2, 0.25) is 0 Å². The van der Waals surface area contributed by atoms with E-state index in [-0.39, 0.29) is 5.41 Å². The van der Waals surface area contributed by atoms with Crippen LogP contribution in [0.3, 0.4) is 0 Å². The van der Waals surface area contributed by atoms with Gasteiger partial charge in [-0.2, -0.15) is 5.26 Å². The Labute approximate surface area is 133 Å². The first-order valence-electron chi connectivity index (χ1n) is 7.65. The van der Waals surface area contributed by atoms with Gasteiger partial charge < -0.3 is 4.90 Å². The summed E-state index contributed by atoms with van der Waals surface area (Å²) in [6.07, 6.45) is 2.06. The van der Waals surface area contributed by atoms with Crippen molar-refractivity contribution in [2.75, 3.05) is 37.6 Å². The molecule has 0 unspecified atom stereocenters. The number of nitrogens with zero attached hydrogens (tertiary/aromatic N) is 3. The fourth-order valence-corrected chi connectivity index (χ4v) is 2.98. The summed E-state index contributed by atoms with van der Waals surface area (Å²) in [4.78, 5) is 4.85. The Morgan fingerprint density at radius 1 is 1.19 bits per heavy atom.